The third kappa shape index (κ3) is 4.76. The number of aliphatic imine (C=N–C) groups is 1. The van der Waals surface area contributed by atoms with Crippen LogP contribution >= 0.6 is 0 Å². The molecule has 2 atom stereocenters. The Bertz CT molecular complexity index is 515. The van der Waals surface area contributed by atoms with Gasteiger partial charge in [0.05, 0.1) is 6.04 Å². The molecule has 4 nitrogen and oxygen atoms in total. The fourth-order valence-corrected chi connectivity index (χ4v) is 1.72. The van der Waals surface area contributed by atoms with E-state index in [4.69, 9.17) is 5.73 Å². The Balaban J connectivity index is 1.90. The number of guanidine groups is 1. The number of nitrogens with zero attached hydrogens (tertiary/aromatic N) is 1. The lowest BCUT2D eigenvalue weighted by Gasteiger charge is -2.10. The van der Waals surface area contributed by atoms with E-state index in [1.54, 1.807) is 0 Å². The quantitative estimate of drug-likeness (QED) is 0.511. The van der Waals surface area contributed by atoms with Gasteiger partial charge in [0.25, 0.3) is 0 Å². The van der Waals surface area contributed by atoms with Gasteiger partial charge < -0.3 is 15.8 Å². The second kappa shape index (κ2) is 5.74. The first kappa shape index (κ1) is 15.3. The van der Waals surface area contributed by atoms with Crippen molar-refractivity contribution < 1.29 is 26.7 Å². The highest BCUT2D eigenvalue weighted by Crippen LogP contribution is 2.38. The first-order valence-corrected chi connectivity index (χ1v) is 5.99. The molecule has 0 bridgehead atoms. The van der Waals surface area contributed by atoms with Gasteiger partial charge in [0.2, 0.25) is 6.43 Å². The van der Waals surface area contributed by atoms with Gasteiger partial charge in [-0.15, -0.1) is 13.2 Å². The Morgan fingerprint density at radius 3 is 2.38 bits per heavy atom. The highest BCUT2D eigenvalue weighted by atomic mass is 19.4. The molecule has 3 N–H and O–H groups in total. The van der Waals surface area contributed by atoms with Gasteiger partial charge in [-0.1, -0.05) is 0 Å². The smallest absolute Gasteiger partial charge is 0.406 e. The molecule has 1 aromatic rings. The van der Waals surface area contributed by atoms with Crippen molar-refractivity contribution in [2.75, 3.05) is 5.32 Å². The molecule has 0 unspecified atom stereocenters. The van der Waals surface area contributed by atoms with E-state index < -0.39 is 24.7 Å². The lowest BCUT2D eigenvalue weighted by atomic mass is 10.3. The van der Waals surface area contributed by atoms with Crippen molar-refractivity contribution in [3.05, 3.63) is 24.3 Å². The fraction of sp³-hybridized carbons (Fsp3) is 0.417. The zero-order chi connectivity index (χ0) is 15.6. The maximum atomic E-state index is 12.3. The van der Waals surface area contributed by atoms with Crippen molar-refractivity contribution in [2.45, 2.75) is 25.3 Å². The summed E-state index contributed by atoms with van der Waals surface area (Å²) in [6, 6.07) is 4.30. The number of hydrogen-bond acceptors (Lipinski definition) is 2. The van der Waals surface area contributed by atoms with Crippen LogP contribution in [0.4, 0.5) is 27.6 Å². The highest BCUT2D eigenvalue weighted by Gasteiger charge is 2.44. The molecule has 21 heavy (non-hydrogen) atoms. The molecule has 1 aromatic carbocycles. The van der Waals surface area contributed by atoms with Crippen LogP contribution in [0.15, 0.2) is 29.3 Å². The molecule has 0 radical (unpaired) electrons. The maximum Gasteiger partial charge on any atom is 0.573 e. The van der Waals surface area contributed by atoms with E-state index in [-0.39, 0.29) is 18.1 Å². The number of nitrogens with one attached hydrogen (secondary N) is 1. The summed E-state index contributed by atoms with van der Waals surface area (Å²) in [7, 11) is 0. The van der Waals surface area contributed by atoms with Gasteiger partial charge in [-0.3, -0.25) is 0 Å². The summed E-state index contributed by atoms with van der Waals surface area (Å²) in [5.41, 5.74) is 5.91. The van der Waals surface area contributed by atoms with Gasteiger partial charge in [0.1, 0.15) is 5.75 Å². The van der Waals surface area contributed by atoms with Crippen LogP contribution in [0.1, 0.15) is 6.42 Å². The largest absolute Gasteiger partial charge is 0.573 e. The highest BCUT2D eigenvalue weighted by molar-refractivity contribution is 5.92. The Hall–Kier alpha value is -2.06. The Kier molecular flexibility index (Phi) is 4.19. The van der Waals surface area contributed by atoms with E-state index in [9.17, 15) is 22.0 Å². The lowest BCUT2D eigenvalue weighted by Crippen LogP contribution is -2.23. The van der Waals surface area contributed by atoms with Gasteiger partial charge in [-0.05, 0) is 30.7 Å². The first-order valence-electron chi connectivity index (χ1n) is 5.99. The minimum absolute atomic E-state index is 0.0624. The number of anilines is 1. The minimum atomic E-state index is -4.76. The summed E-state index contributed by atoms with van der Waals surface area (Å²) in [6.45, 7) is 0. The molecule has 0 amide bonds. The predicted molar refractivity (Wildman–Crippen MR) is 66.3 cm³/mol. The zero-order valence-electron chi connectivity index (χ0n) is 10.6. The first-order chi connectivity index (χ1) is 9.74. The third-order valence-corrected chi connectivity index (χ3v) is 2.79. The standard InChI is InChI=1S/C12H12F5N3O/c13-10(14)8-5-9(8)20-11(18)19-6-1-3-7(4-2-6)21-12(15,16)17/h1-4,8-10H,5H2,(H3,18,19,20)/t8-,9-/m0/s1. The van der Waals surface area contributed by atoms with Gasteiger partial charge in [0, 0.05) is 11.6 Å². The molecule has 0 aliphatic heterocycles. The lowest BCUT2D eigenvalue weighted by molar-refractivity contribution is -0.274. The molecule has 1 fully saturated rings. The molecular weight excluding hydrogens is 297 g/mol. The van der Waals surface area contributed by atoms with Crippen LogP contribution in [0.3, 0.4) is 0 Å². The summed E-state index contributed by atoms with van der Waals surface area (Å²) < 4.78 is 64.2. The van der Waals surface area contributed by atoms with Gasteiger partial charge in [0.15, 0.2) is 5.96 Å². The second-order valence-corrected chi connectivity index (χ2v) is 4.51. The molecule has 1 aliphatic rings. The second-order valence-electron chi connectivity index (χ2n) is 4.51. The predicted octanol–water partition coefficient (Wildman–Crippen LogP) is 2.97. The van der Waals surface area contributed by atoms with E-state index >= 15 is 0 Å². The van der Waals surface area contributed by atoms with Crippen molar-refractivity contribution in [3.63, 3.8) is 0 Å². The van der Waals surface area contributed by atoms with Crippen LogP contribution in [-0.2, 0) is 0 Å². The molecule has 0 saturated heterocycles. The van der Waals surface area contributed by atoms with Gasteiger partial charge in [-0.25, -0.2) is 13.8 Å². The molecule has 0 spiro atoms. The third-order valence-electron chi connectivity index (χ3n) is 2.79. The van der Waals surface area contributed by atoms with Crippen LogP contribution in [0.2, 0.25) is 0 Å². The minimum Gasteiger partial charge on any atom is -0.406 e. The van der Waals surface area contributed by atoms with Crippen LogP contribution in [-0.4, -0.2) is 24.8 Å². The maximum absolute atomic E-state index is 12.3. The summed E-state index contributed by atoms with van der Waals surface area (Å²) in [6.07, 6.45) is -6.91. The van der Waals surface area contributed by atoms with E-state index in [0.29, 0.717) is 5.69 Å². The summed E-state index contributed by atoms with van der Waals surface area (Å²) >= 11 is 0. The number of nitrogens with two attached hydrogens (primary N) is 1. The number of hydrogen-bond donors (Lipinski definition) is 2. The summed E-state index contributed by atoms with van der Waals surface area (Å²) in [4.78, 5) is 3.86. The average Bonchev–Trinajstić information content (AvgIpc) is 3.09. The Morgan fingerprint density at radius 1 is 1.29 bits per heavy atom. The molecular formula is C12H12F5N3O. The van der Waals surface area contributed by atoms with Crippen molar-refractivity contribution in [1.82, 2.24) is 0 Å². The van der Waals surface area contributed by atoms with Crippen LogP contribution in [0, 0.1) is 5.92 Å². The van der Waals surface area contributed by atoms with Gasteiger partial charge >= 0.3 is 6.36 Å². The van der Waals surface area contributed by atoms with Crippen molar-refractivity contribution in [1.29, 1.82) is 0 Å². The molecule has 0 heterocycles. The molecule has 0 aromatic heterocycles. The fourth-order valence-electron chi connectivity index (χ4n) is 1.72. The SMILES string of the molecule is NC(=N[C@H]1C[C@@H]1C(F)F)Nc1ccc(OC(F)(F)F)cc1. The number of benzene rings is 1. The molecule has 1 saturated carbocycles. The summed E-state index contributed by atoms with van der Waals surface area (Å²) in [5, 5.41) is 2.61. The number of ether oxygens (including phenoxy) is 1. The topological polar surface area (TPSA) is 59.6 Å². The Labute approximate surface area is 116 Å². The average molecular weight is 309 g/mol. The van der Waals surface area contributed by atoms with Crippen molar-refractivity contribution in [3.8, 4) is 5.75 Å². The number of halogens is 5. The number of rotatable bonds is 4. The van der Waals surface area contributed by atoms with Crippen molar-refractivity contribution >= 4 is 11.6 Å². The van der Waals surface area contributed by atoms with Crippen LogP contribution in [0.5, 0.6) is 5.75 Å². The Morgan fingerprint density at radius 2 is 1.90 bits per heavy atom. The van der Waals surface area contributed by atoms with Gasteiger partial charge in [-0.2, -0.15) is 0 Å². The van der Waals surface area contributed by atoms with Crippen molar-refractivity contribution in [2.24, 2.45) is 16.6 Å². The van der Waals surface area contributed by atoms with E-state index in [2.05, 4.69) is 15.0 Å². The molecule has 116 valence electrons. The zero-order valence-corrected chi connectivity index (χ0v) is 10.6. The van der Waals surface area contributed by atoms with E-state index in [1.807, 2.05) is 0 Å². The number of alkyl halides is 5. The van der Waals surface area contributed by atoms with E-state index in [0.717, 1.165) is 12.1 Å². The monoisotopic (exact) mass is 309 g/mol. The molecule has 9 heteroatoms. The molecule has 1 aliphatic carbocycles. The normalized spacial score (nSPS) is 22.3. The summed E-state index contributed by atoms with van der Waals surface area (Å²) in [5.74, 6) is -1.20. The van der Waals surface area contributed by atoms with E-state index in [1.165, 1.54) is 12.1 Å². The van der Waals surface area contributed by atoms with Crippen LogP contribution < -0.4 is 15.8 Å². The van der Waals surface area contributed by atoms with Crippen LogP contribution in [0.25, 0.3) is 0 Å². The molecule has 2 rings (SSSR count).